The molecule has 1 aliphatic heterocycles. The molecule has 8 nitrogen and oxygen atoms in total. The first-order chi connectivity index (χ1) is 17.3. The highest BCUT2D eigenvalue weighted by molar-refractivity contribution is 6.62. The molecule has 1 aromatic heterocycles. The molecule has 1 N–H and O–H groups in total. The number of rotatable bonds is 11. The van der Waals surface area contributed by atoms with Crippen molar-refractivity contribution in [3.8, 4) is 0 Å². The van der Waals surface area contributed by atoms with Crippen LogP contribution in [0.25, 0.3) is 0 Å². The molecule has 3 rings (SSSR count). The molecule has 0 aliphatic carbocycles. The van der Waals surface area contributed by atoms with Crippen molar-refractivity contribution < 1.29 is 28.7 Å². The van der Waals surface area contributed by atoms with E-state index in [9.17, 15) is 9.90 Å². The predicted octanol–water partition coefficient (Wildman–Crippen LogP) is 4.12. The summed E-state index contributed by atoms with van der Waals surface area (Å²) in [5, 5.41) is 10.8. The number of aromatic nitrogens is 2. The predicted molar refractivity (Wildman–Crippen MR) is 144 cm³/mol. The Morgan fingerprint density at radius 2 is 1.76 bits per heavy atom. The van der Waals surface area contributed by atoms with Gasteiger partial charge in [0.15, 0.2) is 5.69 Å². The molecule has 9 heteroatoms. The number of carbonyl (C=O) groups is 1. The Morgan fingerprint density at radius 3 is 2.30 bits per heavy atom. The monoisotopic (exact) mass is 514 g/mol. The highest BCUT2D eigenvalue weighted by atomic mass is 16.7. The molecule has 0 bridgehead atoms. The van der Waals surface area contributed by atoms with Gasteiger partial charge in [-0.05, 0) is 78.4 Å². The van der Waals surface area contributed by atoms with Gasteiger partial charge in [0, 0.05) is 19.6 Å². The summed E-state index contributed by atoms with van der Waals surface area (Å²) in [7, 11) is -0.504. The zero-order valence-corrected chi connectivity index (χ0v) is 23.9. The molecule has 0 atom stereocenters. The molecule has 0 spiro atoms. The van der Waals surface area contributed by atoms with E-state index in [1.165, 1.54) is 0 Å². The molecule has 1 saturated heterocycles. The van der Waals surface area contributed by atoms with Gasteiger partial charge in [0.2, 0.25) is 0 Å². The summed E-state index contributed by atoms with van der Waals surface area (Å²) >= 11 is 0. The Kier molecular flexibility index (Phi) is 8.95. The highest BCUT2D eigenvalue weighted by Crippen LogP contribution is 2.37. The lowest BCUT2D eigenvalue weighted by Crippen LogP contribution is -2.41. The normalized spacial score (nSPS) is 16.9. The van der Waals surface area contributed by atoms with Crippen LogP contribution in [0.4, 0.5) is 0 Å². The fraction of sp³-hybridized carbons (Fsp3) is 0.643. The van der Waals surface area contributed by atoms with Crippen LogP contribution in [0.5, 0.6) is 0 Å². The molecular weight excluding hydrogens is 471 g/mol. The van der Waals surface area contributed by atoms with E-state index in [0.717, 1.165) is 28.8 Å². The van der Waals surface area contributed by atoms with Crippen LogP contribution in [0.3, 0.4) is 0 Å². The van der Waals surface area contributed by atoms with Crippen molar-refractivity contribution in [1.82, 2.24) is 9.55 Å². The van der Waals surface area contributed by atoms with E-state index in [0.29, 0.717) is 37.6 Å². The molecule has 2 heterocycles. The third-order valence-corrected chi connectivity index (χ3v) is 7.09. The van der Waals surface area contributed by atoms with Crippen LogP contribution in [0, 0.1) is 0 Å². The number of benzene rings is 1. The molecule has 37 heavy (non-hydrogen) atoms. The number of esters is 1. The van der Waals surface area contributed by atoms with Gasteiger partial charge in [-0.25, -0.2) is 9.78 Å². The largest absolute Gasteiger partial charge is 0.495 e. The lowest BCUT2D eigenvalue weighted by Gasteiger charge is -2.32. The molecule has 0 radical (unpaired) electrons. The molecule has 1 aliphatic rings. The quantitative estimate of drug-likeness (QED) is 0.356. The highest BCUT2D eigenvalue weighted by Gasteiger charge is 2.52. The van der Waals surface area contributed by atoms with Crippen molar-refractivity contribution in [3.63, 3.8) is 0 Å². The van der Waals surface area contributed by atoms with Crippen LogP contribution < -0.4 is 5.46 Å². The van der Waals surface area contributed by atoms with E-state index in [1.807, 2.05) is 51.3 Å². The SMILES string of the molecule is CCCc1nc(C(C)(C)O)c(C(=O)OCC)n1Cc1ccc(B2OC(C)(C)C(C)(C)O2)c(COCC)c1. The van der Waals surface area contributed by atoms with E-state index in [2.05, 4.69) is 13.0 Å². The minimum Gasteiger partial charge on any atom is -0.461 e. The zero-order valence-electron chi connectivity index (χ0n) is 23.9. The number of aliphatic hydroxyl groups is 1. The van der Waals surface area contributed by atoms with Gasteiger partial charge in [-0.1, -0.05) is 25.1 Å². The van der Waals surface area contributed by atoms with Crippen molar-refractivity contribution in [2.45, 2.75) is 105 Å². The molecule has 0 amide bonds. The summed E-state index contributed by atoms with van der Waals surface area (Å²) in [5.74, 6) is 0.252. The molecule has 1 fully saturated rings. The van der Waals surface area contributed by atoms with Crippen molar-refractivity contribution in [2.24, 2.45) is 0 Å². The maximum atomic E-state index is 13.1. The molecule has 1 aromatic carbocycles. The fourth-order valence-corrected chi connectivity index (χ4v) is 4.39. The summed E-state index contributed by atoms with van der Waals surface area (Å²) in [5.41, 5.74) is 1.29. The first-order valence-corrected chi connectivity index (χ1v) is 13.3. The topological polar surface area (TPSA) is 92.0 Å². The van der Waals surface area contributed by atoms with Crippen LogP contribution in [-0.2, 0) is 44.0 Å². The van der Waals surface area contributed by atoms with E-state index >= 15 is 0 Å². The summed E-state index contributed by atoms with van der Waals surface area (Å²) in [6.45, 7) is 18.8. The second-order valence-corrected chi connectivity index (χ2v) is 11.1. The number of hydrogen-bond donors (Lipinski definition) is 1. The Hall–Kier alpha value is -2.20. The lowest BCUT2D eigenvalue weighted by molar-refractivity contribution is 0.00578. The van der Waals surface area contributed by atoms with Gasteiger partial charge >= 0.3 is 13.1 Å². The van der Waals surface area contributed by atoms with Gasteiger partial charge in [0.1, 0.15) is 17.1 Å². The van der Waals surface area contributed by atoms with Gasteiger partial charge in [-0.3, -0.25) is 0 Å². The second kappa shape index (κ2) is 11.3. The van der Waals surface area contributed by atoms with Gasteiger partial charge in [-0.2, -0.15) is 0 Å². The van der Waals surface area contributed by atoms with Crippen molar-refractivity contribution in [3.05, 3.63) is 46.5 Å². The molecule has 2 aromatic rings. The van der Waals surface area contributed by atoms with Gasteiger partial charge in [-0.15, -0.1) is 0 Å². The van der Waals surface area contributed by atoms with Crippen molar-refractivity contribution in [1.29, 1.82) is 0 Å². The fourth-order valence-electron chi connectivity index (χ4n) is 4.39. The average molecular weight is 514 g/mol. The standard InChI is InChI=1S/C28H43BN2O6/c1-10-13-22-30-24(26(4,5)33)23(25(32)35-12-3)31(22)17-19-14-15-21(20(16-19)18-34-11-2)29-36-27(6,7)28(8,9)37-29/h14-16,33H,10-13,17-18H2,1-9H3. The van der Waals surface area contributed by atoms with E-state index in [1.54, 1.807) is 20.8 Å². The Labute approximate surface area is 221 Å². The van der Waals surface area contributed by atoms with Gasteiger partial charge < -0.3 is 28.5 Å². The van der Waals surface area contributed by atoms with Gasteiger partial charge in [0.25, 0.3) is 0 Å². The molecule has 0 saturated carbocycles. The number of ether oxygens (including phenoxy) is 2. The second-order valence-electron chi connectivity index (χ2n) is 11.1. The van der Waals surface area contributed by atoms with Crippen molar-refractivity contribution >= 4 is 18.6 Å². The van der Waals surface area contributed by atoms with E-state index in [-0.39, 0.29) is 6.61 Å². The lowest BCUT2D eigenvalue weighted by atomic mass is 9.75. The first kappa shape index (κ1) is 29.4. The van der Waals surface area contributed by atoms with E-state index < -0.39 is 29.9 Å². The summed E-state index contributed by atoms with van der Waals surface area (Å²) in [4.78, 5) is 17.8. The number of aryl methyl sites for hydroxylation is 1. The maximum Gasteiger partial charge on any atom is 0.495 e. The summed E-state index contributed by atoms with van der Waals surface area (Å²) in [6, 6.07) is 6.11. The number of carbonyl (C=O) groups excluding carboxylic acids is 1. The smallest absolute Gasteiger partial charge is 0.461 e. The summed E-state index contributed by atoms with van der Waals surface area (Å²) in [6.07, 6.45) is 1.52. The Bertz CT molecular complexity index is 1090. The number of nitrogens with zero attached hydrogens (tertiary/aromatic N) is 2. The van der Waals surface area contributed by atoms with Crippen molar-refractivity contribution in [2.75, 3.05) is 13.2 Å². The van der Waals surface area contributed by atoms with Crippen LogP contribution in [0.1, 0.15) is 102 Å². The van der Waals surface area contributed by atoms with E-state index in [4.69, 9.17) is 23.8 Å². The molecule has 0 unspecified atom stereocenters. The Balaban J connectivity index is 2.07. The molecule has 204 valence electrons. The number of imidazole rings is 1. The van der Waals surface area contributed by atoms with Gasteiger partial charge in [0.05, 0.1) is 24.4 Å². The maximum absolute atomic E-state index is 13.1. The third kappa shape index (κ3) is 6.28. The minimum atomic E-state index is -1.30. The molecular formula is C28H43BN2O6. The average Bonchev–Trinajstić information content (AvgIpc) is 3.26. The first-order valence-electron chi connectivity index (χ1n) is 13.3. The summed E-state index contributed by atoms with van der Waals surface area (Å²) < 4.78 is 25.7. The Morgan fingerprint density at radius 1 is 1.11 bits per heavy atom. The van der Waals surface area contributed by atoms with Crippen LogP contribution in [-0.4, -0.2) is 52.2 Å². The minimum absolute atomic E-state index is 0.236. The number of hydrogen-bond acceptors (Lipinski definition) is 7. The zero-order chi connectivity index (χ0) is 27.6. The third-order valence-electron chi connectivity index (χ3n) is 7.09. The van der Waals surface area contributed by atoms with Crippen LogP contribution in [0.2, 0.25) is 0 Å². The van der Waals surface area contributed by atoms with Crippen LogP contribution in [0.15, 0.2) is 18.2 Å². The van der Waals surface area contributed by atoms with Crippen LogP contribution >= 0.6 is 0 Å².